The van der Waals surface area contributed by atoms with Gasteiger partial charge < -0.3 is 24.5 Å². The number of fused-ring (bicyclic) bond motifs is 1. The molecule has 1 fully saturated rings. The Morgan fingerprint density at radius 3 is 2.53 bits per heavy atom. The molecule has 0 radical (unpaired) electrons. The summed E-state index contributed by atoms with van der Waals surface area (Å²) in [4.78, 5) is 13.7. The molecule has 0 saturated carbocycles. The summed E-state index contributed by atoms with van der Waals surface area (Å²) < 4.78 is 366. The second-order valence-electron chi connectivity index (χ2n) is 10.2. The van der Waals surface area contributed by atoms with Crippen LogP contribution in [0.25, 0.3) is 11.1 Å². The molecule has 2 heterocycles. The van der Waals surface area contributed by atoms with Crippen LogP contribution in [0, 0.1) is 18.6 Å². The molecule has 6 rings (SSSR count). The Morgan fingerprint density at radius 2 is 1.79 bits per heavy atom. The normalized spacial score (nSPS) is 31.3. The van der Waals surface area contributed by atoms with Gasteiger partial charge in [-0.05, 0) is 72.1 Å². The van der Waals surface area contributed by atoms with Crippen molar-refractivity contribution in [3.8, 4) is 11.1 Å². The quantitative estimate of drug-likeness (QED) is 0.145. The van der Waals surface area contributed by atoms with Crippen molar-refractivity contribution in [3.05, 3.63) is 135 Å². The number of aliphatic hydroxyl groups is 1. The fourth-order valence-electron chi connectivity index (χ4n) is 4.27. The fraction of sp³-hybridized carbons (Fsp3) is 0.341. The van der Waals surface area contributed by atoms with Gasteiger partial charge in [0, 0.05) is 72.6 Å². The third-order valence-corrected chi connectivity index (χ3v) is 7.79. The lowest BCUT2D eigenvalue weighted by atomic mass is 9.97. The van der Waals surface area contributed by atoms with Crippen LogP contribution < -0.4 is 4.90 Å². The third kappa shape index (κ3) is 9.12. The van der Waals surface area contributed by atoms with E-state index in [0.29, 0.717) is 6.92 Å². The first kappa shape index (κ1) is 14.8. The largest absolute Gasteiger partial charge is 0.416 e. The number of carbonyl (C=O) groups is 1. The summed E-state index contributed by atoms with van der Waals surface area (Å²) in [6.07, 6.45) is -18.4. The molecule has 1 amide bonds. The van der Waals surface area contributed by atoms with E-state index in [9.17, 15) is 36.4 Å². The van der Waals surface area contributed by atoms with Crippen LogP contribution in [0.3, 0.4) is 0 Å². The third-order valence-electron chi connectivity index (χ3n) is 6.78. The van der Waals surface area contributed by atoms with Crippen LogP contribution in [-0.4, -0.2) is 66.5 Å². The number of likely N-dealkylation sites (tertiary alicyclic amines) is 1. The minimum absolute atomic E-state index is 0.251. The van der Waals surface area contributed by atoms with Crippen molar-refractivity contribution in [2.75, 3.05) is 44.5 Å². The van der Waals surface area contributed by atoms with Gasteiger partial charge in [-0.1, -0.05) is 60.4 Å². The zero-order chi connectivity index (χ0) is 66.7. The van der Waals surface area contributed by atoms with Crippen LogP contribution in [0.5, 0.6) is 0 Å². The molecular formula is C41H42F5N3O3S. The number of nitrogens with zero attached hydrogens (tertiary/aromatic N) is 3. The summed E-state index contributed by atoms with van der Waals surface area (Å²) >= 11 is -0.251. The molecule has 1 N–H and O–H groups in total. The van der Waals surface area contributed by atoms with Gasteiger partial charge in [0.1, 0.15) is 12.6 Å². The van der Waals surface area contributed by atoms with E-state index in [4.69, 9.17) is 31.5 Å². The van der Waals surface area contributed by atoms with Crippen LogP contribution in [-0.2, 0) is 28.0 Å². The van der Waals surface area contributed by atoms with E-state index < -0.39 is 251 Å². The number of halogens is 5. The minimum atomic E-state index is -5.60. The number of methoxy groups -OCH3 is 1. The van der Waals surface area contributed by atoms with E-state index >= 15 is 9.18 Å². The number of carbonyl (C=O) groups excluding carboxylic acids is 1. The van der Waals surface area contributed by atoms with Gasteiger partial charge >= 0.3 is 6.18 Å². The van der Waals surface area contributed by atoms with E-state index in [-0.39, 0.29) is 16.7 Å². The Morgan fingerprint density at radius 1 is 1.06 bits per heavy atom. The molecule has 6 nitrogen and oxygen atoms in total. The number of thioether (sulfide) groups is 1. The van der Waals surface area contributed by atoms with Crippen molar-refractivity contribution in [2.45, 2.75) is 50.2 Å². The Bertz CT molecular complexity index is 3450. The van der Waals surface area contributed by atoms with Gasteiger partial charge in [-0.15, -0.1) is 11.8 Å². The fourth-order valence-corrected chi connectivity index (χ4v) is 5.21. The van der Waals surface area contributed by atoms with Gasteiger partial charge in [-0.2, -0.15) is 13.2 Å². The monoisotopic (exact) mass is 784 g/mol. The number of hydrogen-bond acceptors (Lipinski definition) is 6. The molecule has 0 bridgehead atoms. The van der Waals surface area contributed by atoms with Crippen LogP contribution in [0.15, 0.2) is 95.7 Å². The van der Waals surface area contributed by atoms with Crippen molar-refractivity contribution in [1.29, 1.82) is 0 Å². The van der Waals surface area contributed by atoms with Crippen molar-refractivity contribution in [3.63, 3.8) is 0 Å². The number of anilines is 1. The van der Waals surface area contributed by atoms with E-state index in [1.54, 1.807) is 0 Å². The molecule has 12 heteroatoms. The van der Waals surface area contributed by atoms with E-state index in [1.165, 1.54) is 0 Å². The molecule has 1 saturated heterocycles. The number of ether oxygens (including phenoxy) is 1. The first-order chi connectivity index (χ1) is 38.5. The summed E-state index contributed by atoms with van der Waals surface area (Å²) in [5.74, 6) is -8.59. The first-order valence-corrected chi connectivity index (χ1v) is 15.4. The molecular weight excluding hydrogens is 710 g/mol. The molecule has 0 aromatic heterocycles. The van der Waals surface area contributed by atoms with Gasteiger partial charge in [-0.25, -0.2) is 8.78 Å². The lowest BCUT2D eigenvalue weighted by Crippen LogP contribution is -2.50. The number of amides is 1. The summed E-state index contributed by atoms with van der Waals surface area (Å²) in [7, 11) is -3.79. The number of piperidine rings is 1. The number of aliphatic hydroxyl groups excluding tert-OH is 1. The molecule has 53 heavy (non-hydrogen) atoms. The van der Waals surface area contributed by atoms with Crippen molar-refractivity contribution in [1.82, 2.24) is 9.80 Å². The highest BCUT2D eigenvalue weighted by Gasteiger charge is 2.33. The van der Waals surface area contributed by atoms with Gasteiger partial charge in [0.15, 0.2) is 11.6 Å². The number of hydrogen-bond donors (Lipinski definition) is 1. The maximum absolute atomic E-state index is 16.2. The first-order valence-electron chi connectivity index (χ1n) is 30.9. The van der Waals surface area contributed by atoms with E-state index in [0.717, 1.165) is 0 Å². The van der Waals surface area contributed by atoms with Crippen LogP contribution in [0.2, 0.25) is 0 Å². The minimum Gasteiger partial charge on any atom is -0.384 e. The molecule has 0 spiro atoms. The zero-order valence-corrected chi connectivity index (χ0v) is 27.2. The number of rotatable bonds is 12. The standard InChI is InChI=1S/C41H42F5N3O3S/c1-27-22-29(28-12-14-32(15-13-28)41(44,45)46)10-11-30(27)24-48(33-16-18-47(19-17-33)20-21-52-2)38(51)25-49-36-9-4-3-7-34(36)37(50)23-39(49)53-26-31-6-5-8-35(42)40(31)43/h3-15,22-23,33,37,50H,16-21,24-26H2,1-2H3/i2D3,3D,4D,5D,6D,7D,8D,9D,10D,11D,12D,13D,14D,15D,16D2,17D2,18D2,19D2,21D2,22D,23D,24D2,25D2,33D. The van der Waals surface area contributed by atoms with Crippen molar-refractivity contribution < 1.29 is 81.8 Å². The summed E-state index contributed by atoms with van der Waals surface area (Å²) in [6.45, 7) is -24.8. The highest BCUT2D eigenvalue weighted by molar-refractivity contribution is 8.02. The van der Waals surface area contributed by atoms with Gasteiger partial charge in [0.05, 0.1) is 51.4 Å². The molecule has 1 atom stereocenters. The number of alkyl halides is 3. The lowest BCUT2D eigenvalue weighted by molar-refractivity contribution is -0.137. The molecule has 280 valence electrons. The Kier molecular flexibility index (Phi) is 4.70. The van der Waals surface area contributed by atoms with E-state index in [1.807, 2.05) is 0 Å². The number of para-hydroxylation sites is 1. The second-order valence-corrected chi connectivity index (χ2v) is 11.2. The Balaban J connectivity index is 1.80. The average molecular weight is 785 g/mol. The maximum atomic E-state index is 16.2. The molecule has 2 aliphatic rings. The maximum Gasteiger partial charge on any atom is 0.416 e. The Labute approximate surface area is 357 Å². The lowest BCUT2D eigenvalue weighted by Gasteiger charge is -2.41. The molecule has 4 aromatic rings. The van der Waals surface area contributed by atoms with Crippen LogP contribution in [0.4, 0.5) is 27.6 Å². The smallest absolute Gasteiger partial charge is 0.384 e. The summed E-state index contributed by atoms with van der Waals surface area (Å²) in [6, 6.07) is -28.5. The molecule has 2 aliphatic heterocycles. The topological polar surface area (TPSA) is 56.3 Å². The number of benzene rings is 4. The van der Waals surface area contributed by atoms with Crippen molar-refractivity contribution >= 4 is 23.4 Å². The zero-order valence-electron chi connectivity index (χ0n) is 59.4. The highest BCUT2D eigenvalue weighted by Crippen LogP contribution is 2.41. The predicted molar refractivity (Wildman–Crippen MR) is 198 cm³/mol. The van der Waals surface area contributed by atoms with Crippen LogP contribution in [0.1, 0.15) is 91.9 Å². The highest BCUT2D eigenvalue weighted by atomic mass is 32.2. The van der Waals surface area contributed by atoms with Crippen molar-refractivity contribution in [2.24, 2.45) is 0 Å². The molecule has 0 aliphatic carbocycles. The molecule has 1 unspecified atom stereocenters. The summed E-state index contributed by atoms with van der Waals surface area (Å²) in [5.41, 5.74) is -12.0. The summed E-state index contributed by atoms with van der Waals surface area (Å²) in [5, 5.41) is 10.2. The van der Waals surface area contributed by atoms with Crippen LogP contribution >= 0.6 is 11.8 Å². The Hall–Kier alpha value is -4.23. The SMILES string of the molecule is [2H]C1=C(SCc2c([2H])c([2H])c([2H])c(F)c2F)N(C([2H])([2H])C(=O)N(C([2H])([2H])c2c([2H])c([2H])c(-c3c([2H])c([2H])c(C(F)(F)F)c([2H])c3[2H])c([2H])c2C)C2([2H])C([2H])([2H])C([2H])([2H])N(CC([2H])([2H])OC([2H])([2H])[2H])C([2H])([2H])C2([2H])[2H])c2c([2H])c([2H])c([2H])c([2H])c2C1O. The average Bonchev–Trinajstić information content (AvgIpc) is 0.672. The second kappa shape index (κ2) is 16.8. The predicted octanol–water partition coefficient (Wildman–Crippen LogP) is 8.73. The van der Waals surface area contributed by atoms with E-state index in [2.05, 4.69) is 4.74 Å². The van der Waals surface area contributed by atoms with Gasteiger partial charge in [0.25, 0.3) is 0 Å². The van der Waals surface area contributed by atoms with Gasteiger partial charge in [-0.3, -0.25) is 4.79 Å². The van der Waals surface area contributed by atoms with Gasteiger partial charge in [0.2, 0.25) is 5.91 Å². The molecule has 4 aromatic carbocycles.